The number of anilines is 1. The minimum atomic E-state index is -0.258. The molecule has 6 nitrogen and oxygen atoms in total. The first-order chi connectivity index (χ1) is 9.15. The van der Waals surface area contributed by atoms with Gasteiger partial charge in [-0.1, -0.05) is 12.8 Å². The Morgan fingerprint density at radius 2 is 2.05 bits per heavy atom. The van der Waals surface area contributed by atoms with E-state index in [0.717, 1.165) is 30.6 Å². The van der Waals surface area contributed by atoms with Crippen molar-refractivity contribution in [1.82, 2.24) is 14.7 Å². The Hall–Kier alpha value is -1.87. The topological polar surface area (TPSA) is 87.9 Å². The Kier molecular flexibility index (Phi) is 4.17. The summed E-state index contributed by atoms with van der Waals surface area (Å²) in [6.07, 6.45) is 6.02. The first-order valence-corrected chi connectivity index (χ1v) is 6.67. The van der Waals surface area contributed by atoms with Gasteiger partial charge in [0.15, 0.2) is 0 Å². The predicted molar refractivity (Wildman–Crippen MR) is 71.5 cm³/mol. The monoisotopic (exact) mass is 261 g/mol. The highest BCUT2D eigenvalue weighted by Gasteiger charge is 2.25. The highest BCUT2D eigenvalue weighted by molar-refractivity contribution is 5.86. The van der Waals surface area contributed by atoms with E-state index in [-0.39, 0.29) is 23.3 Å². The second kappa shape index (κ2) is 5.85. The number of hydrogen-bond acceptors (Lipinski definition) is 5. The van der Waals surface area contributed by atoms with Crippen LogP contribution in [-0.4, -0.2) is 39.7 Å². The molecule has 2 N–H and O–H groups in total. The van der Waals surface area contributed by atoms with Gasteiger partial charge >= 0.3 is 0 Å². The average Bonchev–Trinajstić information content (AvgIpc) is 2.64. The molecule has 1 fully saturated rings. The molecule has 2 rings (SSSR count). The first-order valence-electron chi connectivity index (χ1n) is 6.67. The average molecular weight is 261 g/mol. The zero-order chi connectivity index (χ0) is 13.8. The van der Waals surface area contributed by atoms with Gasteiger partial charge in [-0.3, -0.25) is 9.69 Å². The van der Waals surface area contributed by atoms with E-state index in [4.69, 9.17) is 11.0 Å². The lowest BCUT2D eigenvalue weighted by Crippen LogP contribution is -2.42. The Morgan fingerprint density at radius 1 is 1.42 bits per heavy atom. The summed E-state index contributed by atoms with van der Waals surface area (Å²) in [5, 5.41) is 12.8. The number of aromatic nitrogens is 2. The Balaban J connectivity index is 2.13. The van der Waals surface area contributed by atoms with Crippen LogP contribution >= 0.6 is 0 Å². The Morgan fingerprint density at radius 3 is 2.58 bits per heavy atom. The smallest absolute Gasteiger partial charge is 0.265 e. The minimum absolute atomic E-state index is 0.133. The number of nitrogens with two attached hydrogens (primary N) is 1. The van der Waals surface area contributed by atoms with E-state index in [1.54, 1.807) is 0 Å². The van der Waals surface area contributed by atoms with Crippen LogP contribution in [0.1, 0.15) is 43.0 Å². The number of hydrogen-bond donors (Lipinski definition) is 1. The van der Waals surface area contributed by atoms with Crippen LogP contribution in [0.25, 0.3) is 0 Å². The quantitative estimate of drug-likeness (QED) is 0.865. The summed E-state index contributed by atoms with van der Waals surface area (Å²) in [4.78, 5) is 14.5. The van der Waals surface area contributed by atoms with E-state index in [9.17, 15) is 4.79 Å². The highest BCUT2D eigenvalue weighted by Crippen LogP contribution is 2.16. The summed E-state index contributed by atoms with van der Waals surface area (Å²) in [7, 11) is 0. The molecule has 0 spiro atoms. The molecule has 0 aromatic carbocycles. The van der Waals surface area contributed by atoms with Crippen LogP contribution in [-0.2, 0) is 0 Å². The molecule has 0 unspecified atom stereocenters. The van der Waals surface area contributed by atoms with Gasteiger partial charge in [0.2, 0.25) is 0 Å². The van der Waals surface area contributed by atoms with Gasteiger partial charge in [0.05, 0.1) is 12.2 Å². The van der Waals surface area contributed by atoms with E-state index in [1.165, 1.54) is 19.0 Å². The van der Waals surface area contributed by atoms with Crippen molar-refractivity contribution in [1.29, 1.82) is 5.26 Å². The maximum absolute atomic E-state index is 12.4. The summed E-state index contributed by atoms with van der Waals surface area (Å²) in [6, 6.07) is 1.67. The van der Waals surface area contributed by atoms with Crippen molar-refractivity contribution in [3.05, 3.63) is 11.8 Å². The molecule has 102 valence electrons. The van der Waals surface area contributed by atoms with Crippen molar-refractivity contribution < 1.29 is 4.79 Å². The number of carbonyl (C=O) groups is 1. The summed E-state index contributed by atoms with van der Waals surface area (Å²) in [5.74, 6) is -0.0323. The fourth-order valence-electron chi connectivity index (χ4n) is 2.44. The SMILES string of the molecule is C[C@@H](C(=O)n1ncc(C#N)c1N)N1CCCCCC1. The molecule has 0 radical (unpaired) electrons. The lowest BCUT2D eigenvalue weighted by molar-refractivity contribution is 0.0741. The number of rotatable bonds is 2. The van der Waals surface area contributed by atoms with Gasteiger partial charge in [0.1, 0.15) is 17.5 Å². The molecule has 6 heteroatoms. The normalized spacial score (nSPS) is 18.5. The maximum Gasteiger partial charge on any atom is 0.265 e. The second-order valence-corrected chi connectivity index (χ2v) is 4.93. The van der Waals surface area contributed by atoms with E-state index >= 15 is 0 Å². The van der Waals surface area contributed by atoms with Crippen molar-refractivity contribution in [2.75, 3.05) is 18.8 Å². The summed E-state index contributed by atoms with van der Waals surface area (Å²) in [5.41, 5.74) is 6.00. The standard InChI is InChI=1S/C13H19N5O/c1-10(17-6-4-2-3-5-7-17)13(19)18-12(15)11(8-14)9-16-18/h9-10H,2-7,15H2,1H3/t10-/m0/s1. The van der Waals surface area contributed by atoms with Crippen molar-refractivity contribution >= 4 is 11.7 Å². The largest absolute Gasteiger partial charge is 0.382 e. The summed E-state index contributed by atoms with van der Waals surface area (Å²) < 4.78 is 1.15. The number of nitrogens with zero attached hydrogens (tertiary/aromatic N) is 4. The first kappa shape index (κ1) is 13.6. The molecule has 0 bridgehead atoms. The summed E-state index contributed by atoms with van der Waals surface area (Å²) in [6.45, 7) is 3.74. The van der Waals surface area contributed by atoms with Gasteiger partial charge in [-0.25, -0.2) is 0 Å². The lowest BCUT2D eigenvalue weighted by Gasteiger charge is -2.26. The molecule has 1 aromatic heterocycles. The minimum Gasteiger partial charge on any atom is -0.382 e. The van der Waals surface area contributed by atoms with Crippen LogP contribution in [0.5, 0.6) is 0 Å². The zero-order valence-corrected chi connectivity index (χ0v) is 11.2. The Bertz CT molecular complexity index is 494. The van der Waals surface area contributed by atoms with Crippen molar-refractivity contribution in [3.63, 3.8) is 0 Å². The number of likely N-dealkylation sites (tertiary alicyclic amines) is 1. The van der Waals surface area contributed by atoms with Gasteiger partial charge in [-0.15, -0.1) is 0 Å². The molecule has 1 aliphatic heterocycles. The molecule has 1 saturated heterocycles. The molecular formula is C13H19N5O. The van der Waals surface area contributed by atoms with Crippen molar-refractivity contribution in [2.24, 2.45) is 0 Å². The number of nitrogen functional groups attached to an aromatic ring is 1. The zero-order valence-electron chi connectivity index (χ0n) is 11.2. The molecule has 19 heavy (non-hydrogen) atoms. The van der Waals surface area contributed by atoms with E-state index in [0.29, 0.717) is 0 Å². The Labute approximate surface area is 112 Å². The van der Waals surface area contributed by atoms with E-state index < -0.39 is 0 Å². The lowest BCUT2D eigenvalue weighted by atomic mass is 10.2. The molecule has 1 atom stereocenters. The van der Waals surface area contributed by atoms with Crippen LogP contribution in [0.3, 0.4) is 0 Å². The van der Waals surface area contributed by atoms with E-state index in [2.05, 4.69) is 10.00 Å². The molecule has 2 heterocycles. The van der Waals surface area contributed by atoms with Gasteiger partial charge in [0, 0.05) is 0 Å². The van der Waals surface area contributed by atoms with Crippen LogP contribution in [0, 0.1) is 11.3 Å². The second-order valence-electron chi connectivity index (χ2n) is 4.93. The molecule has 1 aromatic rings. The third kappa shape index (κ3) is 2.76. The van der Waals surface area contributed by atoms with Crippen LogP contribution in [0.15, 0.2) is 6.20 Å². The number of carbonyl (C=O) groups excluding carboxylic acids is 1. The van der Waals surface area contributed by atoms with E-state index in [1.807, 2.05) is 13.0 Å². The van der Waals surface area contributed by atoms with Gasteiger partial charge in [-0.05, 0) is 32.9 Å². The molecule has 0 amide bonds. The predicted octanol–water partition coefficient (Wildman–Crippen LogP) is 1.24. The van der Waals surface area contributed by atoms with Gasteiger partial charge in [-0.2, -0.15) is 15.0 Å². The molecular weight excluding hydrogens is 242 g/mol. The van der Waals surface area contributed by atoms with Crippen LogP contribution in [0.2, 0.25) is 0 Å². The highest BCUT2D eigenvalue weighted by atomic mass is 16.2. The van der Waals surface area contributed by atoms with Crippen molar-refractivity contribution in [3.8, 4) is 6.07 Å². The molecule has 0 aliphatic carbocycles. The fourth-order valence-corrected chi connectivity index (χ4v) is 2.44. The third-order valence-electron chi connectivity index (χ3n) is 3.68. The maximum atomic E-state index is 12.4. The van der Waals surface area contributed by atoms with Crippen molar-refractivity contribution in [2.45, 2.75) is 38.6 Å². The molecule has 1 aliphatic rings. The van der Waals surface area contributed by atoms with Gasteiger partial charge in [0.25, 0.3) is 5.91 Å². The van der Waals surface area contributed by atoms with Gasteiger partial charge < -0.3 is 5.73 Å². The molecule has 0 saturated carbocycles. The van der Waals surface area contributed by atoms with Crippen LogP contribution in [0.4, 0.5) is 5.82 Å². The third-order valence-corrected chi connectivity index (χ3v) is 3.68. The summed E-state index contributed by atoms with van der Waals surface area (Å²) >= 11 is 0. The fraction of sp³-hybridized carbons (Fsp3) is 0.615. The number of nitriles is 1. The van der Waals surface area contributed by atoms with Crippen LogP contribution < -0.4 is 5.73 Å².